The van der Waals surface area contributed by atoms with E-state index < -0.39 is 5.82 Å². The van der Waals surface area contributed by atoms with Crippen molar-refractivity contribution >= 4 is 23.2 Å². The Balaban J connectivity index is 1.82. The van der Waals surface area contributed by atoms with Gasteiger partial charge in [0.1, 0.15) is 29.9 Å². The highest BCUT2D eigenvalue weighted by Gasteiger charge is 2.10. The first-order chi connectivity index (χ1) is 12.5. The zero-order valence-corrected chi connectivity index (χ0v) is 15.1. The van der Waals surface area contributed by atoms with Crippen LogP contribution in [0.5, 0.6) is 5.75 Å². The first-order valence-corrected chi connectivity index (χ1v) is 8.52. The smallest absolute Gasteiger partial charge is 0.140 e. The summed E-state index contributed by atoms with van der Waals surface area (Å²) in [6, 6.07) is 16.9. The van der Waals surface area contributed by atoms with Gasteiger partial charge in [-0.1, -0.05) is 35.3 Å². The number of ether oxygens (including phenoxy) is 1. The Bertz CT molecular complexity index is 986. The molecule has 0 amide bonds. The van der Waals surface area contributed by atoms with Gasteiger partial charge in [-0.2, -0.15) is 5.26 Å². The molecule has 6 heteroatoms. The van der Waals surface area contributed by atoms with Crippen molar-refractivity contribution in [2.45, 2.75) is 13.0 Å². The monoisotopic (exact) mass is 386 g/mol. The number of nitrogens with zero attached hydrogens (tertiary/aromatic N) is 2. The lowest BCUT2D eigenvalue weighted by Crippen LogP contribution is -2.02. The average Bonchev–Trinajstić information content (AvgIpc) is 2.62. The maximum atomic E-state index is 13.9. The van der Waals surface area contributed by atoms with Gasteiger partial charge in [0.05, 0.1) is 0 Å². The van der Waals surface area contributed by atoms with Crippen LogP contribution in [-0.2, 0) is 13.0 Å². The minimum atomic E-state index is -0.420. The van der Waals surface area contributed by atoms with Crippen LogP contribution in [0.3, 0.4) is 0 Å². The molecule has 1 aromatic heterocycles. The van der Waals surface area contributed by atoms with Crippen molar-refractivity contribution in [3.8, 4) is 11.8 Å². The molecule has 0 N–H and O–H groups in total. The second kappa shape index (κ2) is 8.18. The van der Waals surface area contributed by atoms with Gasteiger partial charge < -0.3 is 4.74 Å². The Morgan fingerprint density at radius 1 is 1.00 bits per heavy atom. The molecule has 3 nitrogen and oxygen atoms in total. The summed E-state index contributed by atoms with van der Waals surface area (Å²) < 4.78 is 19.7. The summed E-state index contributed by atoms with van der Waals surface area (Å²) in [4.78, 5) is 4.26. The van der Waals surface area contributed by atoms with Crippen molar-refractivity contribution in [3.63, 3.8) is 0 Å². The van der Waals surface area contributed by atoms with Gasteiger partial charge in [-0.05, 0) is 42.5 Å². The van der Waals surface area contributed by atoms with Gasteiger partial charge in [0.2, 0.25) is 0 Å². The van der Waals surface area contributed by atoms with Crippen LogP contribution in [0.2, 0.25) is 10.0 Å². The minimum Gasteiger partial charge on any atom is -0.489 e. The predicted molar refractivity (Wildman–Crippen MR) is 99.0 cm³/mol. The van der Waals surface area contributed by atoms with Gasteiger partial charge in [0, 0.05) is 33.3 Å². The SMILES string of the molecule is N#Cc1cccc(Cc2cc(Cl)ccc2OCc2ccc(Cl)cc2F)n1. The highest BCUT2D eigenvalue weighted by Crippen LogP contribution is 2.26. The zero-order valence-electron chi connectivity index (χ0n) is 13.5. The Kier molecular flexibility index (Phi) is 5.72. The van der Waals surface area contributed by atoms with E-state index in [1.165, 1.54) is 6.07 Å². The van der Waals surface area contributed by atoms with Gasteiger partial charge in [-0.15, -0.1) is 0 Å². The number of halogens is 3. The largest absolute Gasteiger partial charge is 0.489 e. The molecule has 0 unspecified atom stereocenters. The molecule has 3 aromatic rings. The van der Waals surface area contributed by atoms with Gasteiger partial charge in [0.15, 0.2) is 0 Å². The quantitative estimate of drug-likeness (QED) is 0.575. The molecule has 2 aromatic carbocycles. The van der Waals surface area contributed by atoms with E-state index in [9.17, 15) is 4.39 Å². The molecule has 0 aliphatic carbocycles. The maximum Gasteiger partial charge on any atom is 0.140 e. The Hall–Kier alpha value is -2.61. The number of hydrogen-bond donors (Lipinski definition) is 0. The van der Waals surface area contributed by atoms with Crippen LogP contribution >= 0.6 is 23.2 Å². The number of pyridine rings is 1. The minimum absolute atomic E-state index is 0.0588. The molecule has 1 heterocycles. The van der Waals surface area contributed by atoms with Gasteiger partial charge >= 0.3 is 0 Å². The van der Waals surface area contributed by atoms with Crippen LogP contribution in [-0.4, -0.2) is 4.98 Å². The number of aromatic nitrogens is 1. The molecule has 0 saturated carbocycles. The third kappa shape index (κ3) is 4.51. The molecule has 0 aliphatic heterocycles. The van der Waals surface area contributed by atoms with Gasteiger partial charge in [0.25, 0.3) is 0 Å². The van der Waals surface area contributed by atoms with E-state index in [-0.39, 0.29) is 6.61 Å². The number of benzene rings is 2. The molecule has 26 heavy (non-hydrogen) atoms. The van der Waals surface area contributed by atoms with E-state index in [1.54, 1.807) is 42.5 Å². The van der Waals surface area contributed by atoms with Crippen LogP contribution in [0.1, 0.15) is 22.5 Å². The van der Waals surface area contributed by atoms with E-state index in [0.29, 0.717) is 39.2 Å². The van der Waals surface area contributed by atoms with Crippen LogP contribution in [0.25, 0.3) is 0 Å². The second-order valence-corrected chi connectivity index (χ2v) is 6.45. The van der Waals surface area contributed by atoms with Gasteiger partial charge in [-0.25, -0.2) is 9.37 Å². The van der Waals surface area contributed by atoms with Crippen LogP contribution in [0, 0.1) is 17.1 Å². The summed E-state index contributed by atoms with van der Waals surface area (Å²) in [5.41, 5.74) is 2.26. The van der Waals surface area contributed by atoms with Crippen molar-refractivity contribution in [1.82, 2.24) is 4.98 Å². The molecule has 3 rings (SSSR count). The van der Waals surface area contributed by atoms with E-state index in [1.807, 2.05) is 12.1 Å². The molecule has 0 fully saturated rings. The lowest BCUT2D eigenvalue weighted by atomic mass is 10.1. The van der Waals surface area contributed by atoms with Crippen LogP contribution in [0.4, 0.5) is 4.39 Å². The lowest BCUT2D eigenvalue weighted by molar-refractivity contribution is 0.297. The van der Waals surface area contributed by atoms with Crippen LogP contribution in [0.15, 0.2) is 54.6 Å². The van der Waals surface area contributed by atoms with Crippen molar-refractivity contribution in [2.24, 2.45) is 0 Å². The van der Waals surface area contributed by atoms with E-state index in [2.05, 4.69) is 4.98 Å². The molecule has 0 atom stereocenters. The molecule has 0 spiro atoms. The summed E-state index contributed by atoms with van der Waals surface area (Å²) in [5, 5.41) is 9.87. The highest BCUT2D eigenvalue weighted by atomic mass is 35.5. The number of hydrogen-bond acceptors (Lipinski definition) is 3. The topological polar surface area (TPSA) is 45.9 Å². The molecule has 0 aliphatic rings. The number of nitriles is 1. The van der Waals surface area contributed by atoms with Crippen molar-refractivity contribution in [1.29, 1.82) is 5.26 Å². The second-order valence-electron chi connectivity index (χ2n) is 5.58. The van der Waals surface area contributed by atoms with E-state index >= 15 is 0 Å². The maximum absolute atomic E-state index is 13.9. The molecule has 130 valence electrons. The lowest BCUT2D eigenvalue weighted by Gasteiger charge is -2.13. The molecule has 0 radical (unpaired) electrons. The van der Waals surface area contributed by atoms with Gasteiger partial charge in [-0.3, -0.25) is 0 Å². The summed E-state index contributed by atoms with van der Waals surface area (Å²) in [5.74, 6) is 0.157. The summed E-state index contributed by atoms with van der Waals surface area (Å²) in [6.45, 7) is 0.0588. The first kappa shape index (κ1) is 18.2. The third-order valence-electron chi connectivity index (χ3n) is 3.71. The fourth-order valence-electron chi connectivity index (χ4n) is 2.46. The Morgan fingerprint density at radius 2 is 1.77 bits per heavy atom. The molecular weight excluding hydrogens is 374 g/mol. The molecule has 0 saturated heterocycles. The van der Waals surface area contributed by atoms with Crippen molar-refractivity contribution in [3.05, 3.63) is 93.0 Å². The summed E-state index contributed by atoms with van der Waals surface area (Å²) >= 11 is 11.9. The standard InChI is InChI=1S/C20H13Cl2FN2O/c21-15-6-7-20(26-12-13-4-5-16(22)10-19(13)23)14(8-15)9-17-2-1-3-18(11-24)25-17/h1-8,10H,9,12H2. The van der Waals surface area contributed by atoms with E-state index in [4.69, 9.17) is 33.2 Å². The Morgan fingerprint density at radius 3 is 2.54 bits per heavy atom. The number of rotatable bonds is 5. The summed E-state index contributed by atoms with van der Waals surface area (Å²) in [7, 11) is 0. The fourth-order valence-corrected chi connectivity index (χ4v) is 2.81. The highest BCUT2D eigenvalue weighted by molar-refractivity contribution is 6.30. The first-order valence-electron chi connectivity index (χ1n) is 7.76. The Labute approximate surface area is 160 Å². The average molecular weight is 387 g/mol. The third-order valence-corrected chi connectivity index (χ3v) is 4.18. The van der Waals surface area contributed by atoms with E-state index in [0.717, 1.165) is 5.56 Å². The fraction of sp³-hybridized carbons (Fsp3) is 0.100. The van der Waals surface area contributed by atoms with Crippen molar-refractivity contribution < 1.29 is 9.13 Å². The molecule has 0 bridgehead atoms. The molecular formula is C20H13Cl2FN2O. The predicted octanol–water partition coefficient (Wildman–Crippen LogP) is 5.57. The summed E-state index contributed by atoms with van der Waals surface area (Å²) in [6.07, 6.45) is 0.439. The van der Waals surface area contributed by atoms with Crippen molar-refractivity contribution in [2.75, 3.05) is 0 Å². The van der Waals surface area contributed by atoms with Crippen LogP contribution < -0.4 is 4.74 Å². The zero-order chi connectivity index (χ0) is 18.5. The normalized spacial score (nSPS) is 10.4.